The molecule has 0 aliphatic carbocycles. The summed E-state index contributed by atoms with van der Waals surface area (Å²) < 4.78 is 0. The first-order valence-corrected chi connectivity index (χ1v) is 6.74. The maximum absolute atomic E-state index is 12.0. The molecule has 1 fully saturated rings. The minimum atomic E-state index is -0.282. The first-order valence-electron chi connectivity index (χ1n) is 6.74. The van der Waals surface area contributed by atoms with Gasteiger partial charge in [0.15, 0.2) is 0 Å². The summed E-state index contributed by atoms with van der Waals surface area (Å²) in [5, 5.41) is 12.4. The van der Waals surface area contributed by atoms with Crippen LogP contribution in [0.5, 0.6) is 0 Å². The van der Waals surface area contributed by atoms with Crippen LogP contribution in [0.15, 0.2) is 12.1 Å². The number of likely N-dealkylation sites (tertiary alicyclic amines) is 1. The molecule has 1 heterocycles. The van der Waals surface area contributed by atoms with E-state index in [4.69, 9.17) is 0 Å². The molecule has 4 nitrogen and oxygen atoms in total. The van der Waals surface area contributed by atoms with Gasteiger partial charge in [0.1, 0.15) is 0 Å². The van der Waals surface area contributed by atoms with Crippen molar-refractivity contribution in [1.82, 2.24) is 4.90 Å². The quantitative estimate of drug-likeness (QED) is 0.870. The molecular formula is C15H22N2O2. The second-order valence-electron chi connectivity index (χ2n) is 5.50. The Kier molecular flexibility index (Phi) is 4.22. The molecule has 0 bridgehead atoms. The highest BCUT2D eigenvalue weighted by Crippen LogP contribution is 2.22. The van der Waals surface area contributed by atoms with Gasteiger partial charge < -0.3 is 10.4 Å². The molecule has 1 atom stereocenters. The van der Waals surface area contributed by atoms with Crippen LogP contribution in [0.3, 0.4) is 0 Å². The van der Waals surface area contributed by atoms with E-state index in [1.165, 1.54) is 5.56 Å². The Labute approximate surface area is 114 Å². The molecule has 19 heavy (non-hydrogen) atoms. The van der Waals surface area contributed by atoms with Crippen molar-refractivity contribution < 1.29 is 9.90 Å². The lowest BCUT2D eigenvalue weighted by Gasteiger charge is -2.17. The molecule has 0 unspecified atom stereocenters. The van der Waals surface area contributed by atoms with E-state index < -0.39 is 0 Å². The van der Waals surface area contributed by atoms with Crippen molar-refractivity contribution in [3.63, 3.8) is 0 Å². The Balaban J connectivity index is 1.99. The van der Waals surface area contributed by atoms with Gasteiger partial charge in [-0.15, -0.1) is 0 Å². The molecule has 0 radical (unpaired) electrons. The number of carbonyl (C=O) groups is 1. The minimum Gasteiger partial charge on any atom is -0.392 e. The largest absolute Gasteiger partial charge is 0.392 e. The number of aryl methyl sites for hydroxylation is 3. The second kappa shape index (κ2) is 5.72. The molecule has 1 aliphatic heterocycles. The van der Waals surface area contributed by atoms with E-state index in [2.05, 4.69) is 24.4 Å². The maximum atomic E-state index is 12.0. The zero-order valence-corrected chi connectivity index (χ0v) is 11.9. The van der Waals surface area contributed by atoms with Crippen LogP contribution in [-0.4, -0.2) is 41.7 Å². The number of anilines is 1. The molecular weight excluding hydrogens is 240 g/mol. The van der Waals surface area contributed by atoms with E-state index in [0.717, 1.165) is 29.8 Å². The minimum absolute atomic E-state index is 0.0100. The molecule has 1 aliphatic rings. The predicted molar refractivity (Wildman–Crippen MR) is 76.3 cm³/mol. The Bertz CT molecular complexity index is 462. The first-order chi connectivity index (χ1) is 8.95. The fourth-order valence-corrected chi connectivity index (χ4v) is 2.72. The van der Waals surface area contributed by atoms with Crippen LogP contribution in [0.25, 0.3) is 0 Å². The van der Waals surface area contributed by atoms with E-state index in [0.29, 0.717) is 13.1 Å². The normalized spacial score (nSPS) is 19.7. The summed E-state index contributed by atoms with van der Waals surface area (Å²) in [6.45, 7) is 7.81. The lowest BCUT2D eigenvalue weighted by atomic mass is 10.1. The number of amides is 1. The van der Waals surface area contributed by atoms with Crippen LogP contribution in [0.1, 0.15) is 23.1 Å². The van der Waals surface area contributed by atoms with Gasteiger partial charge in [-0.25, -0.2) is 0 Å². The summed E-state index contributed by atoms with van der Waals surface area (Å²) >= 11 is 0. The summed E-state index contributed by atoms with van der Waals surface area (Å²) in [5.41, 5.74) is 4.30. The van der Waals surface area contributed by atoms with Crippen molar-refractivity contribution in [3.8, 4) is 0 Å². The Morgan fingerprint density at radius 1 is 1.37 bits per heavy atom. The molecule has 4 heteroatoms. The number of hydrogen-bond acceptors (Lipinski definition) is 3. The average Bonchev–Trinajstić information content (AvgIpc) is 2.69. The van der Waals surface area contributed by atoms with Gasteiger partial charge in [0.25, 0.3) is 0 Å². The monoisotopic (exact) mass is 262 g/mol. The molecule has 1 aromatic rings. The van der Waals surface area contributed by atoms with Crippen molar-refractivity contribution in [2.45, 2.75) is 33.3 Å². The second-order valence-corrected chi connectivity index (χ2v) is 5.50. The van der Waals surface area contributed by atoms with E-state index >= 15 is 0 Å². The highest BCUT2D eigenvalue weighted by molar-refractivity contribution is 5.93. The van der Waals surface area contributed by atoms with E-state index in [-0.39, 0.29) is 12.0 Å². The van der Waals surface area contributed by atoms with Gasteiger partial charge in [0.05, 0.1) is 12.6 Å². The first kappa shape index (κ1) is 14.0. The van der Waals surface area contributed by atoms with Crippen LogP contribution in [-0.2, 0) is 4.79 Å². The van der Waals surface area contributed by atoms with Gasteiger partial charge in [0.2, 0.25) is 5.91 Å². The number of nitrogens with one attached hydrogen (secondary N) is 1. The lowest BCUT2D eigenvalue weighted by molar-refractivity contribution is -0.117. The van der Waals surface area contributed by atoms with Crippen LogP contribution in [0.2, 0.25) is 0 Å². The highest BCUT2D eigenvalue weighted by Gasteiger charge is 2.22. The molecule has 0 aromatic heterocycles. The van der Waals surface area contributed by atoms with Crippen molar-refractivity contribution in [1.29, 1.82) is 0 Å². The van der Waals surface area contributed by atoms with Crippen LogP contribution >= 0.6 is 0 Å². The molecule has 1 aromatic carbocycles. The lowest BCUT2D eigenvalue weighted by Crippen LogP contribution is -2.32. The predicted octanol–water partition coefficient (Wildman–Crippen LogP) is 1.62. The van der Waals surface area contributed by atoms with Crippen molar-refractivity contribution in [2.24, 2.45) is 0 Å². The van der Waals surface area contributed by atoms with Gasteiger partial charge in [0, 0.05) is 18.8 Å². The third kappa shape index (κ3) is 3.55. The summed E-state index contributed by atoms with van der Waals surface area (Å²) in [6, 6.07) is 4.14. The molecule has 1 saturated heterocycles. The van der Waals surface area contributed by atoms with Crippen molar-refractivity contribution in [3.05, 3.63) is 28.8 Å². The summed E-state index contributed by atoms with van der Waals surface area (Å²) in [6.07, 6.45) is 0.478. The molecule has 0 spiro atoms. The number of aliphatic hydroxyl groups excluding tert-OH is 1. The number of carbonyl (C=O) groups excluding carboxylic acids is 1. The maximum Gasteiger partial charge on any atom is 0.238 e. The Morgan fingerprint density at radius 2 is 2.00 bits per heavy atom. The molecule has 2 rings (SSSR count). The fourth-order valence-electron chi connectivity index (χ4n) is 2.72. The van der Waals surface area contributed by atoms with Gasteiger partial charge in [-0.3, -0.25) is 9.69 Å². The highest BCUT2D eigenvalue weighted by atomic mass is 16.3. The van der Waals surface area contributed by atoms with E-state index in [1.807, 2.05) is 18.7 Å². The number of benzene rings is 1. The number of rotatable bonds is 3. The average molecular weight is 262 g/mol. The van der Waals surface area contributed by atoms with Crippen molar-refractivity contribution >= 4 is 11.6 Å². The number of β-amino-alcohol motifs (C(OH)–C–C–N with tert-alkyl or cyclic N) is 1. The van der Waals surface area contributed by atoms with Crippen LogP contribution in [0.4, 0.5) is 5.69 Å². The fraction of sp³-hybridized carbons (Fsp3) is 0.533. The molecule has 2 N–H and O–H groups in total. The SMILES string of the molecule is Cc1cc(C)c(NC(=O)CN2CC[C@H](O)C2)c(C)c1. The zero-order valence-electron chi connectivity index (χ0n) is 11.9. The number of hydrogen-bond donors (Lipinski definition) is 2. The topological polar surface area (TPSA) is 52.6 Å². The third-order valence-corrected chi connectivity index (χ3v) is 3.56. The molecule has 0 saturated carbocycles. The van der Waals surface area contributed by atoms with E-state index in [9.17, 15) is 9.90 Å². The summed E-state index contributed by atoms with van der Waals surface area (Å²) in [4.78, 5) is 14.0. The Hall–Kier alpha value is -1.39. The molecule has 1 amide bonds. The van der Waals surface area contributed by atoms with Gasteiger partial charge in [-0.05, 0) is 38.3 Å². The number of nitrogens with zero attached hydrogens (tertiary/aromatic N) is 1. The molecule has 104 valence electrons. The zero-order chi connectivity index (χ0) is 14.0. The van der Waals surface area contributed by atoms with Gasteiger partial charge in [-0.1, -0.05) is 17.7 Å². The van der Waals surface area contributed by atoms with Crippen LogP contribution < -0.4 is 5.32 Å². The van der Waals surface area contributed by atoms with Crippen molar-refractivity contribution in [2.75, 3.05) is 25.0 Å². The van der Waals surface area contributed by atoms with Gasteiger partial charge >= 0.3 is 0 Å². The van der Waals surface area contributed by atoms with Crippen LogP contribution in [0, 0.1) is 20.8 Å². The smallest absolute Gasteiger partial charge is 0.238 e. The van der Waals surface area contributed by atoms with Gasteiger partial charge in [-0.2, -0.15) is 0 Å². The number of aliphatic hydroxyl groups is 1. The van der Waals surface area contributed by atoms with E-state index in [1.54, 1.807) is 0 Å². The Morgan fingerprint density at radius 3 is 2.53 bits per heavy atom. The summed E-state index contributed by atoms with van der Waals surface area (Å²) in [5.74, 6) is -0.0100. The standard InChI is InChI=1S/C15H22N2O2/c1-10-6-11(2)15(12(3)7-10)16-14(19)9-17-5-4-13(18)8-17/h6-7,13,18H,4-5,8-9H2,1-3H3,(H,16,19)/t13-/m0/s1. The third-order valence-electron chi connectivity index (χ3n) is 3.56. The summed E-state index contributed by atoms with van der Waals surface area (Å²) in [7, 11) is 0.